The third-order valence-electron chi connectivity index (χ3n) is 3.37. The number of rotatable bonds is 3. The Labute approximate surface area is 111 Å². The van der Waals surface area contributed by atoms with Crippen LogP contribution >= 0.6 is 0 Å². The number of aromatic nitrogens is 4. The summed E-state index contributed by atoms with van der Waals surface area (Å²) in [6, 6.07) is 2.17. The van der Waals surface area contributed by atoms with Crippen molar-refractivity contribution < 1.29 is 4.52 Å². The van der Waals surface area contributed by atoms with Crippen LogP contribution in [0.1, 0.15) is 43.0 Å². The first-order chi connectivity index (χ1) is 9.28. The van der Waals surface area contributed by atoms with Crippen molar-refractivity contribution in [1.29, 1.82) is 0 Å². The molecule has 19 heavy (non-hydrogen) atoms. The molecule has 2 aromatic heterocycles. The van der Waals surface area contributed by atoms with Crippen LogP contribution in [0.25, 0.3) is 11.5 Å². The average Bonchev–Trinajstić information content (AvgIpc) is 3.09. The van der Waals surface area contributed by atoms with E-state index >= 15 is 0 Å². The van der Waals surface area contributed by atoms with Crippen molar-refractivity contribution in [2.75, 3.05) is 6.54 Å². The van der Waals surface area contributed by atoms with Crippen LogP contribution in [0.2, 0.25) is 0 Å². The number of aryl methyl sites for hydroxylation is 2. The fourth-order valence-corrected chi connectivity index (χ4v) is 2.35. The molecule has 0 spiro atoms. The van der Waals surface area contributed by atoms with Crippen molar-refractivity contribution >= 4 is 0 Å². The summed E-state index contributed by atoms with van der Waals surface area (Å²) >= 11 is 0. The van der Waals surface area contributed by atoms with Crippen LogP contribution < -0.4 is 5.32 Å². The molecule has 100 valence electrons. The number of nitrogens with zero attached hydrogens (tertiary/aromatic N) is 4. The van der Waals surface area contributed by atoms with Crippen LogP contribution in [0.5, 0.6) is 0 Å². The maximum Gasteiger partial charge on any atom is 0.259 e. The summed E-state index contributed by atoms with van der Waals surface area (Å²) in [6.45, 7) is 4.97. The molecule has 0 aromatic carbocycles. The Bertz CT molecular complexity index is 574. The number of nitrogens with one attached hydrogen (secondary N) is 1. The molecular weight excluding hydrogens is 242 g/mol. The number of hydrogen-bond acceptors (Lipinski definition) is 6. The van der Waals surface area contributed by atoms with E-state index in [-0.39, 0.29) is 6.04 Å². The Kier molecular flexibility index (Phi) is 3.25. The predicted octanol–water partition coefficient (Wildman–Crippen LogP) is 1.82. The van der Waals surface area contributed by atoms with E-state index in [9.17, 15) is 0 Å². The molecule has 1 N–H and O–H groups in total. The Morgan fingerprint density at radius 1 is 1.42 bits per heavy atom. The van der Waals surface area contributed by atoms with E-state index in [1.807, 2.05) is 19.9 Å². The Hall–Kier alpha value is -1.82. The maximum absolute atomic E-state index is 5.39. The topological polar surface area (TPSA) is 76.7 Å². The fourth-order valence-electron chi connectivity index (χ4n) is 2.35. The van der Waals surface area contributed by atoms with Crippen LogP contribution in [0.15, 0.2) is 10.6 Å². The Morgan fingerprint density at radius 2 is 2.32 bits per heavy atom. The molecule has 0 amide bonds. The predicted molar refractivity (Wildman–Crippen MR) is 69.4 cm³/mol. The molecule has 0 bridgehead atoms. The largest absolute Gasteiger partial charge is 0.334 e. The third kappa shape index (κ3) is 2.35. The van der Waals surface area contributed by atoms with Gasteiger partial charge in [0.25, 0.3) is 5.89 Å². The molecule has 6 heteroatoms. The Balaban J connectivity index is 1.95. The van der Waals surface area contributed by atoms with Gasteiger partial charge in [-0.25, -0.2) is 0 Å². The van der Waals surface area contributed by atoms with Crippen molar-refractivity contribution in [3.8, 4) is 11.5 Å². The summed E-state index contributed by atoms with van der Waals surface area (Å²) in [6.07, 6.45) is 3.01. The fraction of sp³-hybridized carbons (Fsp3) is 0.538. The molecule has 6 nitrogen and oxygen atoms in total. The quantitative estimate of drug-likeness (QED) is 0.906. The molecule has 1 saturated heterocycles. The smallest absolute Gasteiger partial charge is 0.259 e. The summed E-state index contributed by atoms with van der Waals surface area (Å²) in [5, 5.41) is 15.7. The molecule has 0 aliphatic carbocycles. The van der Waals surface area contributed by atoms with E-state index in [1.54, 1.807) is 0 Å². The second kappa shape index (κ2) is 5.05. The molecule has 1 aliphatic rings. The van der Waals surface area contributed by atoms with Crippen LogP contribution in [0, 0.1) is 6.92 Å². The van der Waals surface area contributed by atoms with Gasteiger partial charge in [-0.3, -0.25) is 0 Å². The molecule has 1 unspecified atom stereocenters. The lowest BCUT2D eigenvalue weighted by Gasteiger charge is -2.03. The second-order valence-corrected chi connectivity index (χ2v) is 4.81. The normalized spacial score (nSPS) is 18.9. The SMILES string of the molecule is CCc1nnc(C)cc1-c1nc(C2CCCN2)no1. The van der Waals surface area contributed by atoms with E-state index < -0.39 is 0 Å². The van der Waals surface area contributed by atoms with Crippen LogP contribution in [0.3, 0.4) is 0 Å². The molecule has 0 saturated carbocycles. The van der Waals surface area contributed by atoms with Gasteiger partial charge in [0.2, 0.25) is 0 Å². The molecule has 1 atom stereocenters. The van der Waals surface area contributed by atoms with Gasteiger partial charge >= 0.3 is 0 Å². The highest BCUT2D eigenvalue weighted by Crippen LogP contribution is 2.25. The van der Waals surface area contributed by atoms with E-state index in [0.717, 1.165) is 48.6 Å². The molecule has 1 fully saturated rings. The van der Waals surface area contributed by atoms with Gasteiger partial charge in [-0.05, 0) is 38.8 Å². The minimum Gasteiger partial charge on any atom is -0.334 e. The van der Waals surface area contributed by atoms with Gasteiger partial charge in [0, 0.05) is 0 Å². The van der Waals surface area contributed by atoms with Crippen molar-refractivity contribution in [3.63, 3.8) is 0 Å². The highest BCUT2D eigenvalue weighted by molar-refractivity contribution is 5.56. The van der Waals surface area contributed by atoms with Gasteiger partial charge in [-0.15, -0.1) is 0 Å². The lowest BCUT2D eigenvalue weighted by Crippen LogP contribution is -2.14. The molecule has 0 radical (unpaired) electrons. The average molecular weight is 259 g/mol. The minimum absolute atomic E-state index is 0.221. The molecule has 1 aliphatic heterocycles. The van der Waals surface area contributed by atoms with E-state index in [1.165, 1.54) is 0 Å². The van der Waals surface area contributed by atoms with Gasteiger partial charge in [0.1, 0.15) is 0 Å². The molecule has 3 rings (SSSR count). The first kappa shape index (κ1) is 12.2. The van der Waals surface area contributed by atoms with Crippen LogP contribution in [-0.4, -0.2) is 26.9 Å². The first-order valence-corrected chi connectivity index (χ1v) is 6.68. The summed E-state index contributed by atoms with van der Waals surface area (Å²) in [4.78, 5) is 4.50. The van der Waals surface area contributed by atoms with Crippen molar-refractivity contribution in [1.82, 2.24) is 25.7 Å². The lowest BCUT2D eigenvalue weighted by atomic mass is 10.1. The van der Waals surface area contributed by atoms with Crippen molar-refractivity contribution in [3.05, 3.63) is 23.3 Å². The first-order valence-electron chi connectivity index (χ1n) is 6.68. The van der Waals surface area contributed by atoms with Crippen molar-refractivity contribution in [2.45, 2.75) is 39.2 Å². The number of hydrogen-bond donors (Lipinski definition) is 1. The van der Waals surface area contributed by atoms with Gasteiger partial charge in [-0.2, -0.15) is 15.2 Å². The third-order valence-corrected chi connectivity index (χ3v) is 3.37. The molecular formula is C13H17N5O. The van der Waals surface area contributed by atoms with Gasteiger partial charge in [-0.1, -0.05) is 12.1 Å². The summed E-state index contributed by atoms with van der Waals surface area (Å²) in [5.41, 5.74) is 2.64. The lowest BCUT2D eigenvalue weighted by molar-refractivity contribution is 0.411. The van der Waals surface area contributed by atoms with Gasteiger partial charge < -0.3 is 9.84 Å². The Morgan fingerprint density at radius 3 is 3.05 bits per heavy atom. The zero-order valence-corrected chi connectivity index (χ0v) is 11.2. The zero-order chi connectivity index (χ0) is 13.2. The summed E-state index contributed by atoms with van der Waals surface area (Å²) in [5.74, 6) is 1.28. The second-order valence-electron chi connectivity index (χ2n) is 4.81. The summed E-state index contributed by atoms with van der Waals surface area (Å²) < 4.78 is 5.39. The minimum atomic E-state index is 0.221. The maximum atomic E-state index is 5.39. The van der Waals surface area contributed by atoms with Gasteiger partial charge in [0.05, 0.1) is 23.0 Å². The van der Waals surface area contributed by atoms with Crippen molar-refractivity contribution in [2.24, 2.45) is 0 Å². The van der Waals surface area contributed by atoms with E-state index in [4.69, 9.17) is 4.52 Å². The van der Waals surface area contributed by atoms with Crippen LogP contribution in [0.4, 0.5) is 0 Å². The highest BCUT2D eigenvalue weighted by atomic mass is 16.5. The standard InChI is InChI=1S/C13H17N5O/c1-3-10-9(7-8(2)16-17-10)13-15-12(18-19-13)11-5-4-6-14-11/h7,11,14H,3-6H2,1-2H3. The van der Waals surface area contributed by atoms with Gasteiger partial charge in [0.15, 0.2) is 5.82 Å². The van der Waals surface area contributed by atoms with Crippen LogP contribution in [-0.2, 0) is 6.42 Å². The highest BCUT2D eigenvalue weighted by Gasteiger charge is 2.23. The zero-order valence-electron chi connectivity index (χ0n) is 11.2. The molecule has 3 heterocycles. The van der Waals surface area contributed by atoms with E-state index in [2.05, 4.69) is 25.7 Å². The monoisotopic (exact) mass is 259 g/mol. The molecule has 2 aromatic rings. The van der Waals surface area contributed by atoms with E-state index in [0.29, 0.717) is 5.89 Å². The summed E-state index contributed by atoms with van der Waals surface area (Å²) in [7, 11) is 0.